The molecule has 1 aliphatic rings. The molecule has 5 rings (SSSR count). The number of carbonyl (C=O) groups is 1. The third-order valence-electron chi connectivity index (χ3n) is 5.25. The number of hydrogen-bond acceptors (Lipinski definition) is 6. The van der Waals surface area contributed by atoms with Gasteiger partial charge in [0.2, 0.25) is 11.5 Å². The first-order chi connectivity index (χ1) is 15.2. The summed E-state index contributed by atoms with van der Waals surface area (Å²) in [6, 6.07) is 16.7. The van der Waals surface area contributed by atoms with Gasteiger partial charge in [-0.2, -0.15) is 0 Å². The first-order valence-corrected chi connectivity index (χ1v) is 11.2. The molecule has 4 aromatic rings. The zero-order chi connectivity index (χ0) is 21.2. The molecular formula is C23H21N3O4S. The summed E-state index contributed by atoms with van der Waals surface area (Å²) >= 11 is 1.24. The molecule has 158 valence electrons. The van der Waals surface area contributed by atoms with E-state index < -0.39 is 0 Å². The van der Waals surface area contributed by atoms with Gasteiger partial charge in [0.05, 0.1) is 18.4 Å². The van der Waals surface area contributed by atoms with E-state index in [1.165, 1.54) is 11.8 Å². The Labute approximate surface area is 182 Å². The number of anilines is 1. The van der Waals surface area contributed by atoms with Crippen LogP contribution in [0.2, 0.25) is 0 Å². The topological polar surface area (TPSA) is 86.4 Å². The summed E-state index contributed by atoms with van der Waals surface area (Å²) in [6.45, 7) is 1.09. The van der Waals surface area contributed by atoms with E-state index in [9.17, 15) is 9.59 Å². The highest BCUT2D eigenvalue weighted by Gasteiger charge is 2.23. The van der Waals surface area contributed by atoms with E-state index in [1.54, 1.807) is 4.57 Å². The molecule has 7 nitrogen and oxygen atoms in total. The molecule has 1 N–H and O–H groups in total. The van der Waals surface area contributed by atoms with E-state index >= 15 is 0 Å². The molecule has 1 fully saturated rings. The van der Waals surface area contributed by atoms with Gasteiger partial charge in [0, 0.05) is 17.7 Å². The van der Waals surface area contributed by atoms with Crippen molar-refractivity contribution in [1.82, 2.24) is 9.55 Å². The molecule has 31 heavy (non-hydrogen) atoms. The van der Waals surface area contributed by atoms with Crippen LogP contribution in [0.5, 0.6) is 0 Å². The maximum absolute atomic E-state index is 13.3. The van der Waals surface area contributed by atoms with Crippen molar-refractivity contribution in [2.75, 3.05) is 17.7 Å². The van der Waals surface area contributed by atoms with Crippen LogP contribution < -0.4 is 10.9 Å². The molecule has 2 aromatic heterocycles. The first kappa shape index (κ1) is 19.8. The van der Waals surface area contributed by atoms with Crippen molar-refractivity contribution in [3.63, 3.8) is 0 Å². The van der Waals surface area contributed by atoms with Crippen LogP contribution in [0.3, 0.4) is 0 Å². The third-order valence-corrected chi connectivity index (χ3v) is 6.22. The third kappa shape index (κ3) is 4.08. The van der Waals surface area contributed by atoms with Gasteiger partial charge in [0.15, 0.2) is 5.16 Å². The number of hydrogen-bond donors (Lipinski definition) is 1. The lowest BCUT2D eigenvalue weighted by Gasteiger charge is -2.15. The van der Waals surface area contributed by atoms with Gasteiger partial charge in [-0.15, -0.1) is 0 Å². The molecule has 1 atom stereocenters. The number of ether oxygens (including phenoxy) is 1. The maximum Gasteiger partial charge on any atom is 0.297 e. The number of carbonyl (C=O) groups excluding carboxylic acids is 1. The molecule has 0 bridgehead atoms. The van der Waals surface area contributed by atoms with Crippen molar-refractivity contribution >= 4 is 45.4 Å². The van der Waals surface area contributed by atoms with Crippen molar-refractivity contribution in [2.24, 2.45) is 0 Å². The quantitative estimate of drug-likeness (QED) is 0.363. The second-order valence-corrected chi connectivity index (χ2v) is 8.37. The molecule has 1 saturated heterocycles. The summed E-state index contributed by atoms with van der Waals surface area (Å²) in [6.07, 6.45) is 1.82. The Morgan fingerprint density at radius 3 is 2.77 bits per heavy atom. The predicted molar refractivity (Wildman–Crippen MR) is 121 cm³/mol. The summed E-state index contributed by atoms with van der Waals surface area (Å²) in [7, 11) is 0. The lowest BCUT2D eigenvalue weighted by Crippen LogP contribution is -2.29. The smallest absolute Gasteiger partial charge is 0.297 e. The summed E-state index contributed by atoms with van der Waals surface area (Å²) in [5, 5.41) is 4.14. The van der Waals surface area contributed by atoms with E-state index in [0.717, 1.165) is 23.9 Å². The number of rotatable bonds is 6. The van der Waals surface area contributed by atoms with Crippen LogP contribution in [-0.2, 0) is 16.1 Å². The fourth-order valence-electron chi connectivity index (χ4n) is 3.77. The second-order valence-electron chi connectivity index (χ2n) is 7.42. The molecular weight excluding hydrogens is 414 g/mol. The Hall–Kier alpha value is -3.10. The number of benzene rings is 2. The van der Waals surface area contributed by atoms with Gasteiger partial charge in [0.1, 0.15) is 11.1 Å². The Bertz CT molecular complexity index is 1290. The van der Waals surface area contributed by atoms with Crippen molar-refractivity contribution < 1.29 is 13.9 Å². The molecule has 1 amide bonds. The van der Waals surface area contributed by atoms with Gasteiger partial charge in [-0.1, -0.05) is 42.1 Å². The molecule has 0 spiro atoms. The molecule has 8 heteroatoms. The molecule has 2 aromatic carbocycles. The van der Waals surface area contributed by atoms with E-state index in [1.807, 2.05) is 54.6 Å². The standard InChI is InChI=1S/C23H21N3O4S/c27-19(24-15-7-2-1-3-8-15)14-31-23-25-20-17-10-4-5-11-18(17)30-21(20)22(28)26(23)13-16-9-6-12-29-16/h1-5,7-8,10-11,16H,6,9,12-14H2,(H,24,27)/t16-/m1/s1. The van der Waals surface area contributed by atoms with Crippen LogP contribution in [0.15, 0.2) is 69.0 Å². The van der Waals surface area contributed by atoms with Gasteiger partial charge in [-0.25, -0.2) is 4.98 Å². The fraction of sp³-hybridized carbons (Fsp3) is 0.261. The van der Waals surface area contributed by atoms with E-state index in [2.05, 4.69) is 5.32 Å². The fourth-order valence-corrected chi connectivity index (χ4v) is 4.57. The molecule has 1 aliphatic heterocycles. The van der Waals surface area contributed by atoms with Gasteiger partial charge < -0.3 is 14.5 Å². The summed E-state index contributed by atoms with van der Waals surface area (Å²) in [4.78, 5) is 30.5. The average molecular weight is 436 g/mol. The number of nitrogens with one attached hydrogen (secondary N) is 1. The van der Waals surface area contributed by atoms with Gasteiger partial charge in [-0.05, 0) is 37.1 Å². The van der Waals surface area contributed by atoms with Gasteiger partial charge in [0.25, 0.3) is 5.56 Å². The highest BCUT2D eigenvalue weighted by Crippen LogP contribution is 2.28. The Morgan fingerprint density at radius 2 is 1.97 bits per heavy atom. The highest BCUT2D eigenvalue weighted by atomic mass is 32.2. The minimum atomic E-state index is -0.248. The van der Waals surface area contributed by atoms with Crippen LogP contribution >= 0.6 is 11.8 Å². The lowest BCUT2D eigenvalue weighted by atomic mass is 10.2. The van der Waals surface area contributed by atoms with Crippen molar-refractivity contribution in [3.05, 3.63) is 65.0 Å². The largest absolute Gasteiger partial charge is 0.448 e. The Morgan fingerprint density at radius 1 is 1.16 bits per heavy atom. The Balaban J connectivity index is 1.48. The van der Waals surface area contributed by atoms with Crippen LogP contribution in [0, 0.1) is 0 Å². The van der Waals surface area contributed by atoms with Gasteiger partial charge >= 0.3 is 0 Å². The van der Waals surface area contributed by atoms with Crippen LogP contribution in [0.1, 0.15) is 12.8 Å². The monoisotopic (exact) mass is 435 g/mol. The summed E-state index contributed by atoms with van der Waals surface area (Å²) in [5.74, 6) is -0.0278. The number of amides is 1. The predicted octanol–water partition coefficient (Wildman–Crippen LogP) is 4.05. The number of thioether (sulfide) groups is 1. The van der Waals surface area contributed by atoms with Crippen molar-refractivity contribution in [3.8, 4) is 0 Å². The molecule has 0 radical (unpaired) electrons. The minimum Gasteiger partial charge on any atom is -0.448 e. The van der Waals surface area contributed by atoms with Crippen LogP contribution in [0.25, 0.3) is 22.1 Å². The summed E-state index contributed by atoms with van der Waals surface area (Å²) in [5.41, 5.74) is 1.86. The SMILES string of the molecule is O=C(CSc1nc2c(oc3ccccc32)c(=O)n1C[C@H]1CCCO1)Nc1ccccc1. The highest BCUT2D eigenvalue weighted by molar-refractivity contribution is 7.99. The maximum atomic E-state index is 13.3. The molecule has 0 unspecified atom stereocenters. The number of nitrogens with zero attached hydrogens (tertiary/aromatic N) is 2. The number of aromatic nitrogens is 2. The summed E-state index contributed by atoms with van der Waals surface area (Å²) < 4.78 is 13.1. The lowest BCUT2D eigenvalue weighted by molar-refractivity contribution is -0.113. The minimum absolute atomic E-state index is 0.0428. The van der Waals surface area contributed by atoms with Gasteiger partial charge in [-0.3, -0.25) is 14.2 Å². The van der Waals surface area contributed by atoms with Crippen molar-refractivity contribution in [2.45, 2.75) is 30.6 Å². The second kappa shape index (κ2) is 8.56. The molecule has 0 aliphatic carbocycles. The average Bonchev–Trinajstić information content (AvgIpc) is 3.43. The molecule has 3 heterocycles. The normalized spacial score (nSPS) is 16.2. The molecule has 0 saturated carbocycles. The zero-order valence-electron chi connectivity index (χ0n) is 16.7. The van der Waals surface area contributed by atoms with E-state index in [0.29, 0.717) is 29.4 Å². The van der Waals surface area contributed by atoms with E-state index in [4.69, 9.17) is 14.1 Å². The zero-order valence-corrected chi connectivity index (χ0v) is 17.6. The Kier molecular flexibility index (Phi) is 5.48. The van der Waals surface area contributed by atoms with Crippen LogP contribution in [-0.4, -0.2) is 33.9 Å². The van der Waals surface area contributed by atoms with E-state index in [-0.39, 0.29) is 28.9 Å². The number of furan rings is 1. The van der Waals surface area contributed by atoms with Crippen LogP contribution in [0.4, 0.5) is 5.69 Å². The number of fused-ring (bicyclic) bond motifs is 3. The van der Waals surface area contributed by atoms with Crippen molar-refractivity contribution in [1.29, 1.82) is 0 Å². The first-order valence-electron chi connectivity index (χ1n) is 10.2. The number of para-hydroxylation sites is 2.